The molecule has 0 bridgehead atoms. The van der Waals surface area contributed by atoms with Gasteiger partial charge in [-0.05, 0) is 18.6 Å². The highest BCUT2D eigenvalue weighted by molar-refractivity contribution is 5.96. The molecule has 0 spiro atoms. The number of nitrogens with two attached hydrogens (primary N) is 1. The molecule has 1 heterocycles. The standard InChI is InChI=1S/C15H18N4O3/c1-2-9-19-13(7-8-17-19)18-14(20)10-22-12-6-4-3-5-11(12)15(16)21/h3-8H,2,9-10H2,1H3,(H2,16,21)(H,18,20). The second-order valence-corrected chi connectivity index (χ2v) is 4.64. The van der Waals surface area contributed by atoms with Crippen LogP contribution in [0.3, 0.4) is 0 Å². The Hall–Kier alpha value is -2.83. The van der Waals surface area contributed by atoms with Crippen LogP contribution in [0.1, 0.15) is 23.7 Å². The lowest BCUT2D eigenvalue weighted by Gasteiger charge is -2.10. The molecule has 0 fully saturated rings. The number of anilines is 1. The van der Waals surface area contributed by atoms with E-state index in [4.69, 9.17) is 10.5 Å². The number of para-hydroxylation sites is 1. The number of rotatable bonds is 7. The van der Waals surface area contributed by atoms with Gasteiger partial charge in [-0.15, -0.1) is 0 Å². The first kappa shape index (κ1) is 15.6. The zero-order valence-electron chi connectivity index (χ0n) is 12.3. The van der Waals surface area contributed by atoms with Crippen molar-refractivity contribution in [3.63, 3.8) is 0 Å². The van der Waals surface area contributed by atoms with E-state index in [1.807, 2.05) is 6.92 Å². The quantitative estimate of drug-likeness (QED) is 0.807. The van der Waals surface area contributed by atoms with Crippen molar-refractivity contribution in [1.29, 1.82) is 0 Å². The third-order valence-corrected chi connectivity index (χ3v) is 2.93. The smallest absolute Gasteiger partial charge is 0.263 e. The normalized spacial score (nSPS) is 10.2. The lowest BCUT2D eigenvalue weighted by molar-refractivity contribution is -0.118. The number of benzene rings is 1. The fourth-order valence-electron chi connectivity index (χ4n) is 1.95. The van der Waals surface area contributed by atoms with Crippen molar-refractivity contribution < 1.29 is 14.3 Å². The fourth-order valence-corrected chi connectivity index (χ4v) is 1.95. The Balaban J connectivity index is 1.96. The Labute approximate surface area is 128 Å². The monoisotopic (exact) mass is 302 g/mol. The molecule has 0 radical (unpaired) electrons. The van der Waals surface area contributed by atoms with E-state index in [9.17, 15) is 9.59 Å². The summed E-state index contributed by atoms with van der Waals surface area (Å²) in [5, 5.41) is 6.83. The summed E-state index contributed by atoms with van der Waals surface area (Å²) in [5.41, 5.74) is 5.49. The Morgan fingerprint density at radius 1 is 1.32 bits per heavy atom. The molecule has 0 aliphatic carbocycles. The molecule has 2 aromatic rings. The first-order valence-corrected chi connectivity index (χ1v) is 6.95. The largest absolute Gasteiger partial charge is 0.483 e. The van der Waals surface area contributed by atoms with Gasteiger partial charge in [-0.25, -0.2) is 4.68 Å². The van der Waals surface area contributed by atoms with Gasteiger partial charge < -0.3 is 15.8 Å². The van der Waals surface area contributed by atoms with Crippen molar-refractivity contribution in [1.82, 2.24) is 9.78 Å². The summed E-state index contributed by atoms with van der Waals surface area (Å²) in [6.45, 7) is 2.52. The van der Waals surface area contributed by atoms with Crippen molar-refractivity contribution in [3.05, 3.63) is 42.1 Å². The highest BCUT2D eigenvalue weighted by atomic mass is 16.5. The van der Waals surface area contributed by atoms with Gasteiger partial charge in [0.25, 0.3) is 11.8 Å². The van der Waals surface area contributed by atoms with Crippen molar-refractivity contribution in [2.75, 3.05) is 11.9 Å². The highest BCUT2D eigenvalue weighted by Gasteiger charge is 2.11. The average molecular weight is 302 g/mol. The van der Waals surface area contributed by atoms with Crippen LogP contribution in [0.15, 0.2) is 36.5 Å². The summed E-state index contributed by atoms with van der Waals surface area (Å²) in [5.74, 6) is -0.0417. The molecule has 0 aliphatic heterocycles. The summed E-state index contributed by atoms with van der Waals surface area (Å²) < 4.78 is 7.07. The molecule has 0 saturated carbocycles. The van der Waals surface area contributed by atoms with Crippen LogP contribution in [-0.2, 0) is 11.3 Å². The predicted octanol–water partition coefficient (Wildman–Crippen LogP) is 1.41. The molecule has 7 nitrogen and oxygen atoms in total. The minimum Gasteiger partial charge on any atom is -0.483 e. The number of carbonyl (C=O) groups excluding carboxylic acids is 2. The Morgan fingerprint density at radius 3 is 2.82 bits per heavy atom. The summed E-state index contributed by atoms with van der Waals surface area (Å²) in [7, 11) is 0. The molecule has 2 rings (SSSR count). The molecule has 2 amide bonds. The predicted molar refractivity (Wildman–Crippen MR) is 81.6 cm³/mol. The first-order chi connectivity index (χ1) is 10.6. The molecule has 1 aromatic heterocycles. The van der Waals surface area contributed by atoms with Crippen LogP contribution in [0.2, 0.25) is 0 Å². The van der Waals surface area contributed by atoms with E-state index in [0.29, 0.717) is 12.4 Å². The van der Waals surface area contributed by atoms with Gasteiger partial charge in [0.1, 0.15) is 11.6 Å². The van der Waals surface area contributed by atoms with Crippen LogP contribution in [-0.4, -0.2) is 28.2 Å². The van der Waals surface area contributed by atoms with E-state index in [-0.39, 0.29) is 23.8 Å². The van der Waals surface area contributed by atoms with Crippen LogP contribution in [0.25, 0.3) is 0 Å². The summed E-state index contributed by atoms with van der Waals surface area (Å²) >= 11 is 0. The van der Waals surface area contributed by atoms with Gasteiger partial charge in [-0.3, -0.25) is 9.59 Å². The van der Waals surface area contributed by atoms with Crippen LogP contribution in [0.5, 0.6) is 5.75 Å². The topological polar surface area (TPSA) is 99.2 Å². The van der Waals surface area contributed by atoms with Crippen molar-refractivity contribution in [2.24, 2.45) is 5.73 Å². The van der Waals surface area contributed by atoms with E-state index < -0.39 is 5.91 Å². The molecule has 0 aliphatic rings. The van der Waals surface area contributed by atoms with E-state index in [2.05, 4.69) is 10.4 Å². The van der Waals surface area contributed by atoms with Gasteiger partial charge in [0.05, 0.1) is 11.8 Å². The number of hydrogen-bond donors (Lipinski definition) is 2. The average Bonchev–Trinajstić information content (AvgIpc) is 2.93. The van der Waals surface area contributed by atoms with E-state index in [1.165, 1.54) is 0 Å². The Morgan fingerprint density at radius 2 is 2.09 bits per heavy atom. The molecule has 0 atom stereocenters. The maximum absolute atomic E-state index is 11.9. The Bertz CT molecular complexity index is 666. The molecular formula is C15H18N4O3. The minimum absolute atomic E-state index is 0.221. The third-order valence-electron chi connectivity index (χ3n) is 2.93. The maximum atomic E-state index is 11.9. The third kappa shape index (κ3) is 3.85. The fraction of sp³-hybridized carbons (Fsp3) is 0.267. The van der Waals surface area contributed by atoms with Gasteiger partial charge in [-0.2, -0.15) is 5.10 Å². The van der Waals surface area contributed by atoms with E-state index in [1.54, 1.807) is 41.2 Å². The SMILES string of the molecule is CCCn1nccc1NC(=O)COc1ccccc1C(N)=O. The van der Waals surface area contributed by atoms with Gasteiger partial charge in [0.2, 0.25) is 0 Å². The lowest BCUT2D eigenvalue weighted by atomic mass is 10.2. The second kappa shape index (κ2) is 7.26. The minimum atomic E-state index is -0.600. The van der Waals surface area contributed by atoms with Crippen molar-refractivity contribution in [3.8, 4) is 5.75 Å². The zero-order valence-corrected chi connectivity index (χ0v) is 12.3. The Kier molecular flexibility index (Phi) is 5.13. The number of carbonyl (C=O) groups is 2. The van der Waals surface area contributed by atoms with Gasteiger partial charge >= 0.3 is 0 Å². The number of nitrogens with one attached hydrogen (secondary N) is 1. The van der Waals surface area contributed by atoms with Gasteiger partial charge in [0.15, 0.2) is 6.61 Å². The van der Waals surface area contributed by atoms with Crippen LogP contribution < -0.4 is 15.8 Å². The molecule has 116 valence electrons. The van der Waals surface area contributed by atoms with Crippen LogP contribution >= 0.6 is 0 Å². The number of nitrogens with zero attached hydrogens (tertiary/aromatic N) is 2. The molecule has 22 heavy (non-hydrogen) atoms. The maximum Gasteiger partial charge on any atom is 0.263 e. The summed E-state index contributed by atoms with van der Waals surface area (Å²) in [4.78, 5) is 23.2. The number of amides is 2. The van der Waals surface area contributed by atoms with Crippen LogP contribution in [0, 0.1) is 0 Å². The van der Waals surface area contributed by atoms with E-state index in [0.717, 1.165) is 6.42 Å². The molecular weight excluding hydrogens is 284 g/mol. The summed E-state index contributed by atoms with van der Waals surface area (Å²) in [6, 6.07) is 8.23. The van der Waals surface area contributed by atoms with E-state index >= 15 is 0 Å². The lowest BCUT2D eigenvalue weighted by Crippen LogP contribution is -2.23. The molecule has 3 N–H and O–H groups in total. The van der Waals surface area contributed by atoms with Gasteiger partial charge in [-0.1, -0.05) is 19.1 Å². The summed E-state index contributed by atoms with van der Waals surface area (Å²) in [6.07, 6.45) is 2.53. The number of aryl methyl sites for hydroxylation is 1. The molecule has 0 saturated heterocycles. The molecule has 1 aromatic carbocycles. The first-order valence-electron chi connectivity index (χ1n) is 6.95. The number of primary amides is 1. The van der Waals surface area contributed by atoms with Crippen molar-refractivity contribution >= 4 is 17.6 Å². The highest BCUT2D eigenvalue weighted by Crippen LogP contribution is 2.17. The number of aromatic nitrogens is 2. The molecule has 0 unspecified atom stereocenters. The van der Waals surface area contributed by atoms with Crippen molar-refractivity contribution in [2.45, 2.75) is 19.9 Å². The zero-order chi connectivity index (χ0) is 15.9. The molecule has 7 heteroatoms. The number of hydrogen-bond acceptors (Lipinski definition) is 4. The second-order valence-electron chi connectivity index (χ2n) is 4.64. The van der Waals surface area contributed by atoms with Crippen LogP contribution in [0.4, 0.5) is 5.82 Å². The van der Waals surface area contributed by atoms with Gasteiger partial charge in [0, 0.05) is 12.6 Å². The number of ether oxygens (including phenoxy) is 1.